The SMILES string of the molecule is CCSCCOC(=O)C1=C(C)NC2=C(C(=O)C(C(=O)OC)C(C)C2)C1c1ccc(C)s1. The Labute approximate surface area is 191 Å². The summed E-state index contributed by atoms with van der Waals surface area (Å²) >= 11 is 3.25. The summed E-state index contributed by atoms with van der Waals surface area (Å²) in [5, 5.41) is 3.28. The van der Waals surface area contributed by atoms with Gasteiger partial charge < -0.3 is 14.8 Å². The van der Waals surface area contributed by atoms with Gasteiger partial charge in [0, 0.05) is 32.5 Å². The number of hydrogen-bond donors (Lipinski definition) is 1. The van der Waals surface area contributed by atoms with Crippen molar-refractivity contribution in [3.8, 4) is 0 Å². The maximum absolute atomic E-state index is 13.6. The number of ketones is 1. The summed E-state index contributed by atoms with van der Waals surface area (Å²) in [7, 11) is 1.30. The molecule has 3 rings (SSSR count). The second-order valence-corrected chi connectivity index (χ2v) is 10.5. The van der Waals surface area contributed by atoms with Gasteiger partial charge >= 0.3 is 11.9 Å². The van der Waals surface area contributed by atoms with E-state index in [2.05, 4.69) is 12.2 Å². The van der Waals surface area contributed by atoms with Crippen LogP contribution >= 0.6 is 23.1 Å². The van der Waals surface area contributed by atoms with Gasteiger partial charge in [0.2, 0.25) is 0 Å². The molecule has 8 heteroatoms. The average Bonchev–Trinajstić information content (AvgIpc) is 3.15. The molecule has 168 valence electrons. The molecule has 0 aromatic carbocycles. The first-order valence-electron chi connectivity index (χ1n) is 10.4. The van der Waals surface area contributed by atoms with E-state index in [0.29, 0.717) is 29.9 Å². The molecule has 0 fully saturated rings. The number of Topliss-reactive ketones (excluding diaryl/α,β-unsaturated/α-hetero) is 1. The summed E-state index contributed by atoms with van der Waals surface area (Å²) in [4.78, 5) is 41.1. The van der Waals surface area contributed by atoms with Crippen molar-refractivity contribution in [2.45, 2.75) is 40.0 Å². The molecule has 0 saturated heterocycles. The van der Waals surface area contributed by atoms with Gasteiger partial charge in [-0.15, -0.1) is 11.3 Å². The van der Waals surface area contributed by atoms with Gasteiger partial charge in [-0.3, -0.25) is 9.59 Å². The number of carbonyl (C=O) groups is 3. The molecular weight excluding hydrogens is 434 g/mol. The number of thioether (sulfide) groups is 1. The minimum Gasteiger partial charge on any atom is -0.468 e. The molecule has 3 unspecified atom stereocenters. The fraction of sp³-hybridized carbons (Fsp3) is 0.522. The normalized spacial score (nSPS) is 23.4. The van der Waals surface area contributed by atoms with Crippen molar-refractivity contribution in [3.05, 3.63) is 44.4 Å². The van der Waals surface area contributed by atoms with E-state index in [1.165, 1.54) is 7.11 Å². The van der Waals surface area contributed by atoms with E-state index in [1.807, 2.05) is 32.9 Å². The summed E-state index contributed by atoms with van der Waals surface area (Å²) in [5.74, 6) is -1.16. The van der Waals surface area contributed by atoms with Crippen molar-refractivity contribution in [1.29, 1.82) is 0 Å². The fourth-order valence-electron chi connectivity index (χ4n) is 4.26. The van der Waals surface area contributed by atoms with Crippen LogP contribution in [0, 0.1) is 18.8 Å². The van der Waals surface area contributed by atoms with Gasteiger partial charge in [-0.2, -0.15) is 11.8 Å². The van der Waals surface area contributed by atoms with Crippen LogP contribution in [0.15, 0.2) is 34.7 Å². The molecule has 6 nitrogen and oxygen atoms in total. The quantitative estimate of drug-likeness (QED) is 0.372. The number of ether oxygens (including phenoxy) is 2. The van der Waals surface area contributed by atoms with Crippen LogP contribution < -0.4 is 5.32 Å². The number of allylic oxidation sites excluding steroid dienone is 3. The van der Waals surface area contributed by atoms with Crippen LogP contribution in [-0.4, -0.2) is 42.9 Å². The van der Waals surface area contributed by atoms with Crippen LogP contribution in [-0.2, 0) is 23.9 Å². The molecule has 0 radical (unpaired) electrons. The second kappa shape index (κ2) is 10.0. The maximum atomic E-state index is 13.6. The van der Waals surface area contributed by atoms with Crippen LogP contribution in [0.2, 0.25) is 0 Å². The molecule has 1 aromatic heterocycles. The smallest absolute Gasteiger partial charge is 0.336 e. The first kappa shape index (κ1) is 23.6. The minimum absolute atomic E-state index is 0.190. The van der Waals surface area contributed by atoms with Crippen LogP contribution in [0.5, 0.6) is 0 Å². The average molecular weight is 464 g/mol. The van der Waals surface area contributed by atoms with Gasteiger partial charge in [-0.1, -0.05) is 13.8 Å². The highest BCUT2D eigenvalue weighted by Crippen LogP contribution is 2.46. The van der Waals surface area contributed by atoms with E-state index < -0.39 is 23.8 Å². The van der Waals surface area contributed by atoms with Gasteiger partial charge in [0.1, 0.15) is 12.5 Å². The molecule has 1 N–H and O–H groups in total. The van der Waals surface area contributed by atoms with Crippen molar-refractivity contribution >= 4 is 40.8 Å². The molecule has 0 bridgehead atoms. The number of thiophene rings is 1. The molecule has 1 aliphatic carbocycles. The number of nitrogens with one attached hydrogen (secondary N) is 1. The van der Waals surface area contributed by atoms with E-state index in [0.717, 1.165) is 27.0 Å². The third kappa shape index (κ3) is 4.75. The monoisotopic (exact) mass is 463 g/mol. The Morgan fingerprint density at radius 1 is 1.29 bits per heavy atom. The zero-order valence-corrected chi connectivity index (χ0v) is 20.2. The molecule has 3 atom stereocenters. The predicted octanol–water partition coefficient (Wildman–Crippen LogP) is 3.97. The lowest BCUT2D eigenvalue weighted by Crippen LogP contribution is -2.43. The fourth-order valence-corrected chi connectivity index (χ4v) is 5.75. The molecule has 1 aromatic rings. The van der Waals surface area contributed by atoms with Crippen molar-refractivity contribution < 1.29 is 23.9 Å². The molecule has 31 heavy (non-hydrogen) atoms. The third-order valence-corrected chi connectivity index (χ3v) is 7.60. The summed E-state index contributed by atoms with van der Waals surface area (Å²) in [6.07, 6.45) is 0.536. The van der Waals surface area contributed by atoms with Crippen LogP contribution in [0.3, 0.4) is 0 Å². The third-order valence-electron chi connectivity index (χ3n) is 5.67. The zero-order valence-electron chi connectivity index (χ0n) is 18.6. The lowest BCUT2D eigenvalue weighted by Gasteiger charge is -2.37. The van der Waals surface area contributed by atoms with Gasteiger partial charge in [0.05, 0.1) is 18.6 Å². The number of aryl methyl sites for hydroxylation is 1. The molecule has 2 aliphatic rings. The molecule has 0 spiro atoms. The Morgan fingerprint density at radius 3 is 2.65 bits per heavy atom. The molecule has 2 heterocycles. The molecule has 0 saturated carbocycles. The summed E-state index contributed by atoms with van der Waals surface area (Å²) in [6, 6.07) is 3.93. The number of esters is 2. The number of carbonyl (C=O) groups excluding carboxylic acids is 3. The number of methoxy groups -OCH3 is 1. The van der Waals surface area contributed by atoms with E-state index in [1.54, 1.807) is 23.1 Å². The van der Waals surface area contributed by atoms with Crippen molar-refractivity contribution in [2.75, 3.05) is 25.2 Å². The lowest BCUT2D eigenvalue weighted by molar-refractivity contribution is -0.151. The second-order valence-electron chi connectivity index (χ2n) is 7.82. The van der Waals surface area contributed by atoms with Crippen molar-refractivity contribution in [2.24, 2.45) is 11.8 Å². The first-order valence-corrected chi connectivity index (χ1v) is 12.4. The maximum Gasteiger partial charge on any atom is 0.336 e. The Hall–Kier alpha value is -2.06. The van der Waals surface area contributed by atoms with E-state index >= 15 is 0 Å². The van der Waals surface area contributed by atoms with Crippen LogP contribution in [0.25, 0.3) is 0 Å². The van der Waals surface area contributed by atoms with Crippen molar-refractivity contribution in [3.63, 3.8) is 0 Å². The number of rotatable bonds is 7. The van der Waals surface area contributed by atoms with Gasteiger partial charge in [-0.25, -0.2) is 4.79 Å². The minimum atomic E-state index is -0.870. The highest BCUT2D eigenvalue weighted by molar-refractivity contribution is 7.99. The van der Waals surface area contributed by atoms with E-state index in [4.69, 9.17) is 9.47 Å². The number of dihydropyridines is 1. The standard InChI is InChI=1S/C23H29NO5S2/c1-6-30-10-9-29-23(27)18-14(4)24-15-11-12(2)17(22(26)28-5)21(25)19(15)20(18)16-8-7-13(3)31-16/h7-8,12,17,20,24H,6,9-11H2,1-5H3. The summed E-state index contributed by atoms with van der Waals surface area (Å²) in [5.41, 5.74) is 2.40. The molecule has 1 aliphatic heterocycles. The molecular formula is C23H29NO5S2. The summed E-state index contributed by atoms with van der Waals surface area (Å²) < 4.78 is 10.5. The first-order chi connectivity index (χ1) is 14.8. The largest absolute Gasteiger partial charge is 0.468 e. The molecule has 0 amide bonds. The van der Waals surface area contributed by atoms with Crippen LogP contribution in [0.1, 0.15) is 42.9 Å². The number of hydrogen-bond acceptors (Lipinski definition) is 8. The highest BCUT2D eigenvalue weighted by Gasteiger charge is 2.47. The van der Waals surface area contributed by atoms with Crippen molar-refractivity contribution in [1.82, 2.24) is 5.32 Å². The Bertz CT molecular complexity index is 946. The zero-order chi connectivity index (χ0) is 22.7. The summed E-state index contributed by atoms with van der Waals surface area (Å²) in [6.45, 7) is 8.08. The van der Waals surface area contributed by atoms with Gasteiger partial charge in [-0.05, 0) is 44.1 Å². The highest BCUT2D eigenvalue weighted by atomic mass is 32.2. The van der Waals surface area contributed by atoms with Gasteiger partial charge in [0.15, 0.2) is 5.78 Å². The topological polar surface area (TPSA) is 81.7 Å². The Morgan fingerprint density at radius 2 is 2.03 bits per heavy atom. The lowest BCUT2D eigenvalue weighted by atomic mass is 9.70. The van der Waals surface area contributed by atoms with E-state index in [-0.39, 0.29) is 11.7 Å². The van der Waals surface area contributed by atoms with Crippen LogP contribution in [0.4, 0.5) is 0 Å². The Kier molecular flexibility index (Phi) is 7.64. The predicted molar refractivity (Wildman–Crippen MR) is 123 cm³/mol. The Balaban J connectivity index is 2.03. The van der Waals surface area contributed by atoms with Gasteiger partial charge in [0.25, 0.3) is 0 Å². The van der Waals surface area contributed by atoms with E-state index in [9.17, 15) is 14.4 Å².